The lowest BCUT2D eigenvalue weighted by molar-refractivity contribution is -0.120. The summed E-state index contributed by atoms with van der Waals surface area (Å²) in [5.41, 5.74) is 3.71. The lowest BCUT2D eigenvalue weighted by Crippen LogP contribution is -2.41. The molecule has 0 saturated heterocycles. The Morgan fingerprint density at radius 2 is 1.66 bits per heavy atom. The number of carbonyl (C=O) groups excluding carboxylic acids is 1. The van der Waals surface area contributed by atoms with Gasteiger partial charge in [-0.1, -0.05) is 18.2 Å². The van der Waals surface area contributed by atoms with E-state index < -0.39 is 10.0 Å². The van der Waals surface area contributed by atoms with Crippen LogP contribution in [0.5, 0.6) is 5.75 Å². The van der Waals surface area contributed by atoms with Crippen LogP contribution in [0.2, 0.25) is 0 Å². The summed E-state index contributed by atoms with van der Waals surface area (Å²) < 4.78 is 31.2. The molecule has 0 aliphatic heterocycles. The zero-order chi connectivity index (χ0) is 21.8. The first-order valence-electron chi connectivity index (χ1n) is 9.58. The summed E-state index contributed by atoms with van der Waals surface area (Å²) in [6, 6.07) is 12.4. The molecule has 0 aromatic heterocycles. The molecule has 2 rings (SSSR count). The van der Waals surface area contributed by atoms with Crippen molar-refractivity contribution in [2.75, 3.05) is 17.1 Å². The molecule has 1 atom stereocenters. The molecule has 2 aromatic rings. The SMILES string of the molecule is Cc1ccc(C(C)NC(=O)CN(c2ccc(OC(C)C)cc2)S(C)(=O)=O)cc1C. The van der Waals surface area contributed by atoms with Crippen LogP contribution in [0.4, 0.5) is 5.69 Å². The summed E-state index contributed by atoms with van der Waals surface area (Å²) in [6.45, 7) is 9.47. The van der Waals surface area contributed by atoms with Crippen molar-refractivity contribution in [2.24, 2.45) is 0 Å². The Morgan fingerprint density at radius 3 is 2.17 bits per heavy atom. The summed E-state index contributed by atoms with van der Waals surface area (Å²) in [5.74, 6) is 0.272. The zero-order valence-electron chi connectivity index (χ0n) is 17.9. The second-order valence-electron chi connectivity index (χ2n) is 7.56. The third kappa shape index (κ3) is 6.49. The summed E-state index contributed by atoms with van der Waals surface area (Å²) in [7, 11) is -3.63. The van der Waals surface area contributed by atoms with Gasteiger partial charge in [0, 0.05) is 0 Å². The van der Waals surface area contributed by atoms with E-state index in [4.69, 9.17) is 4.74 Å². The molecule has 0 fully saturated rings. The van der Waals surface area contributed by atoms with Crippen LogP contribution in [0.15, 0.2) is 42.5 Å². The van der Waals surface area contributed by atoms with Crippen LogP contribution in [-0.4, -0.2) is 33.2 Å². The molecule has 1 unspecified atom stereocenters. The van der Waals surface area contributed by atoms with Gasteiger partial charge in [-0.2, -0.15) is 0 Å². The number of ether oxygens (including phenoxy) is 1. The first kappa shape index (κ1) is 22.7. The van der Waals surface area contributed by atoms with Gasteiger partial charge in [0.2, 0.25) is 15.9 Å². The third-order valence-electron chi connectivity index (χ3n) is 4.59. The van der Waals surface area contributed by atoms with E-state index in [0.717, 1.165) is 21.7 Å². The van der Waals surface area contributed by atoms with Gasteiger partial charge in [-0.05, 0) is 75.6 Å². The minimum absolute atomic E-state index is 0.0181. The fourth-order valence-electron chi connectivity index (χ4n) is 2.90. The number of anilines is 1. The number of rotatable bonds is 8. The lowest BCUT2D eigenvalue weighted by atomic mass is 10.0. The highest BCUT2D eigenvalue weighted by molar-refractivity contribution is 7.92. The molecule has 1 amide bonds. The number of hydrogen-bond donors (Lipinski definition) is 1. The Hall–Kier alpha value is -2.54. The summed E-state index contributed by atoms with van der Waals surface area (Å²) >= 11 is 0. The second-order valence-corrected chi connectivity index (χ2v) is 9.47. The average molecular weight is 419 g/mol. The van der Waals surface area contributed by atoms with Crippen LogP contribution in [0.25, 0.3) is 0 Å². The largest absolute Gasteiger partial charge is 0.491 e. The lowest BCUT2D eigenvalue weighted by Gasteiger charge is -2.24. The van der Waals surface area contributed by atoms with Gasteiger partial charge in [-0.25, -0.2) is 8.42 Å². The van der Waals surface area contributed by atoms with Gasteiger partial charge in [-0.15, -0.1) is 0 Å². The summed E-state index contributed by atoms with van der Waals surface area (Å²) in [4.78, 5) is 12.6. The van der Waals surface area contributed by atoms with E-state index in [1.165, 1.54) is 5.56 Å². The highest BCUT2D eigenvalue weighted by Crippen LogP contribution is 2.22. The van der Waals surface area contributed by atoms with Gasteiger partial charge in [0.15, 0.2) is 0 Å². The Morgan fingerprint density at radius 1 is 1.03 bits per heavy atom. The topological polar surface area (TPSA) is 75.7 Å². The van der Waals surface area contributed by atoms with E-state index in [1.807, 2.05) is 52.8 Å². The van der Waals surface area contributed by atoms with Crippen LogP contribution < -0.4 is 14.4 Å². The van der Waals surface area contributed by atoms with Gasteiger partial charge in [0.1, 0.15) is 12.3 Å². The van der Waals surface area contributed by atoms with Crippen LogP contribution in [0.1, 0.15) is 43.5 Å². The fourth-order valence-corrected chi connectivity index (χ4v) is 3.75. The van der Waals surface area contributed by atoms with Crippen molar-refractivity contribution in [3.05, 3.63) is 59.2 Å². The molecular formula is C22H30N2O4S. The van der Waals surface area contributed by atoms with Gasteiger partial charge < -0.3 is 10.1 Å². The minimum atomic E-state index is -3.63. The van der Waals surface area contributed by atoms with Gasteiger partial charge >= 0.3 is 0 Å². The second kappa shape index (κ2) is 9.31. The maximum Gasteiger partial charge on any atom is 0.241 e. The Labute approximate surface area is 173 Å². The van der Waals surface area contributed by atoms with Crippen molar-refractivity contribution in [1.29, 1.82) is 0 Å². The quantitative estimate of drug-likeness (QED) is 0.709. The van der Waals surface area contributed by atoms with E-state index >= 15 is 0 Å². The predicted octanol–water partition coefficient (Wildman–Crippen LogP) is 3.73. The van der Waals surface area contributed by atoms with E-state index in [-0.39, 0.29) is 24.6 Å². The first-order valence-corrected chi connectivity index (χ1v) is 11.4. The molecule has 1 N–H and O–H groups in total. The monoisotopic (exact) mass is 418 g/mol. The molecule has 2 aromatic carbocycles. The maximum absolute atomic E-state index is 12.6. The molecule has 0 bridgehead atoms. The average Bonchev–Trinajstić information content (AvgIpc) is 2.61. The van der Waals surface area contributed by atoms with Crippen LogP contribution in [-0.2, 0) is 14.8 Å². The molecule has 0 saturated carbocycles. The molecule has 158 valence electrons. The third-order valence-corrected chi connectivity index (χ3v) is 5.73. The summed E-state index contributed by atoms with van der Waals surface area (Å²) in [6.07, 6.45) is 1.11. The number of aryl methyl sites for hydroxylation is 2. The number of amides is 1. The number of nitrogens with one attached hydrogen (secondary N) is 1. The van der Waals surface area contributed by atoms with Gasteiger partial charge in [-0.3, -0.25) is 9.10 Å². The number of benzene rings is 2. The molecule has 0 spiro atoms. The predicted molar refractivity (Wildman–Crippen MR) is 117 cm³/mol. The van der Waals surface area contributed by atoms with Gasteiger partial charge in [0.25, 0.3) is 0 Å². The van der Waals surface area contributed by atoms with Crippen molar-refractivity contribution in [3.63, 3.8) is 0 Å². The van der Waals surface area contributed by atoms with Crippen molar-refractivity contribution in [3.8, 4) is 5.75 Å². The van der Waals surface area contributed by atoms with Crippen molar-refractivity contribution < 1.29 is 17.9 Å². The number of nitrogens with zero attached hydrogens (tertiary/aromatic N) is 1. The van der Waals surface area contributed by atoms with Crippen LogP contribution in [0, 0.1) is 13.8 Å². The number of hydrogen-bond acceptors (Lipinski definition) is 4. The molecular weight excluding hydrogens is 388 g/mol. The van der Waals surface area contributed by atoms with Gasteiger partial charge in [0.05, 0.1) is 24.1 Å². The molecule has 0 heterocycles. The smallest absolute Gasteiger partial charge is 0.241 e. The van der Waals surface area contributed by atoms with E-state index in [0.29, 0.717) is 11.4 Å². The highest BCUT2D eigenvalue weighted by Gasteiger charge is 2.22. The van der Waals surface area contributed by atoms with E-state index in [2.05, 4.69) is 5.32 Å². The van der Waals surface area contributed by atoms with Crippen LogP contribution in [0.3, 0.4) is 0 Å². The maximum atomic E-state index is 12.6. The number of sulfonamides is 1. The van der Waals surface area contributed by atoms with Crippen LogP contribution >= 0.6 is 0 Å². The summed E-state index contributed by atoms with van der Waals surface area (Å²) in [5, 5.41) is 2.88. The van der Waals surface area contributed by atoms with E-state index in [1.54, 1.807) is 24.3 Å². The molecule has 0 aliphatic carbocycles. The fraction of sp³-hybridized carbons (Fsp3) is 0.409. The molecule has 7 heteroatoms. The Balaban J connectivity index is 2.13. The standard InChI is InChI=1S/C22H30N2O4S/c1-15(2)28-21-11-9-20(10-12-21)24(29(6,26)27)14-22(25)23-18(5)19-8-7-16(3)17(4)13-19/h7-13,15,18H,14H2,1-6H3,(H,23,25). The zero-order valence-corrected chi connectivity index (χ0v) is 18.7. The molecule has 29 heavy (non-hydrogen) atoms. The Kier molecular flexibility index (Phi) is 7.30. The number of carbonyl (C=O) groups is 1. The molecule has 6 nitrogen and oxygen atoms in total. The minimum Gasteiger partial charge on any atom is -0.491 e. The van der Waals surface area contributed by atoms with Crippen molar-refractivity contribution >= 4 is 21.6 Å². The molecule has 0 radical (unpaired) electrons. The normalized spacial score (nSPS) is 12.5. The van der Waals surface area contributed by atoms with Crippen molar-refractivity contribution in [2.45, 2.75) is 46.8 Å². The Bertz CT molecular complexity index is 953. The van der Waals surface area contributed by atoms with E-state index in [9.17, 15) is 13.2 Å². The first-order chi connectivity index (χ1) is 13.5. The highest BCUT2D eigenvalue weighted by atomic mass is 32.2. The molecule has 0 aliphatic rings. The van der Waals surface area contributed by atoms with Crippen molar-refractivity contribution in [1.82, 2.24) is 5.32 Å².